The van der Waals surface area contributed by atoms with E-state index in [1.807, 2.05) is 30.3 Å². The minimum Gasteiger partial charge on any atom is -0.488 e. The molecule has 2 atom stereocenters. The van der Waals surface area contributed by atoms with Gasteiger partial charge in [0.25, 0.3) is 0 Å². The SMILES string of the molecule is O=C(NCC1Cc2ccccc2O1)C1CC(=O)N(c2ccc3c(c2)OCCO3)C1. The van der Waals surface area contributed by atoms with Crippen molar-refractivity contribution < 1.29 is 23.8 Å². The van der Waals surface area contributed by atoms with Gasteiger partial charge in [-0.05, 0) is 23.8 Å². The highest BCUT2D eigenvalue weighted by Gasteiger charge is 2.36. The molecule has 3 aliphatic rings. The van der Waals surface area contributed by atoms with Gasteiger partial charge in [0.15, 0.2) is 11.5 Å². The summed E-state index contributed by atoms with van der Waals surface area (Å²) in [6.07, 6.45) is 0.914. The van der Waals surface area contributed by atoms with Crippen molar-refractivity contribution in [3.63, 3.8) is 0 Å². The Morgan fingerprint density at radius 3 is 2.72 bits per heavy atom. The Bertz CT molecular complexity index is 935. The van der Waals surface area contributed by atoms with Gasteiger partial charge in [-0.3, -0.25) is 9.59 Å². The van der Waals surface area contributed by atoms with Gasteiger partial charge in [0.1, 0.15) is 25.1 Å². The maximum Gasteiger partial charge on any atom is 0.227 e. The zero-order valence-corrected chi connectivity index (χ0v) is 15.9. The van der Waals surface area contributed by atoms with Crippen molar-refractivity contribution in [2.24, 2.45) is 5.92 Å². The van der Waals surface area contributed by atoms with E-state index in [1.165, 1.54) is 0 Å². The maximum atomic E-state index is 12.6. The molecule has 1 N–H and O–H groups in total. The number of hydrogen-bond acceptors (Lipinski definition) is 5. The van der Waals surface area contributed by atoms with Gasteiger partial charge in [0.2, 0.25) is 11.8 Å². The molecule has 5 rings (SSSR count). The van der Waals surface area contributed by atoms with Gasteiger partial charge in [-0.1, -0.05) is 18.2 Å². The second-order valence-corrected chi connectivity index (χ2v) is 7.53. The van der Waals surface area contributed by atoms with Crippen molar-refractivity contribution in [2.75, 3.05) is 31.2 Å². The fourth-order valence-electron chi connectivity index (χ4n) is 4.06. The molecule has 3 aliphatic heterocycles. The highest BCUT2D eigenvalue weighted by atomic mass is 16.6. The van der Waals surface area contributed by atoms with Crippen molar-refractivity contribution in [2.45, 2.75) is 18.9 Å². The van der Waals surface area contributed by atoms with Crippen LogP contribution in [0.4, 0.5) is 5.69 Å². The summed E-state index contributed by atoms with van der Waals surface area (Å²) in [4.78, 5) is 26.8. The number of nitrogens with zero attached hydrogens (tertiary/aromatic N) is 1. The summed E-state index contributed by atoms with van der Waals surface area (Å²) in [5.41, 5.74) is 1.89. The zero-order valence-electron chi connectivity index (χ0n) is 15.9. The van der Waals surface area contributed by atoms with E-state index >= 15 is 0 Å². The van der Waals surface area contributed by atoms with E-state index in [-0.39, 0.29) is 30.3 Å². The summed E-state index contributed by atoms with van der Waals surface area (Å²) >= 11 is 0. The largest absolute Gasteiger partial charge is 0.488 e. The molecule has 0 radical (unpaired) electrons. The Balaban J connectivity index is 1.19. The summed E-state index contributed by atoms with van der Waals surface area (Å²) in [6.45, 7) is 1.80. The van der Waals surface area contributed by atoms with Gasteiger partial charge in [-0.25, -0.2) is 0 Å². The van der Waals surface area contributed by atoms with Crippen LogP contribution in [0.1, 0.15) is 12.0 Å². The number of hydrogen-bond donors (Lipinski definition) is 1. The Labute approximate surface area is 168 Å². The van der Waals surface area contributed by atoms with E-state index in [4.69, 9.17) is 14.2 Å². The molecule has 0 bridgehead atoms. The van der Waals surface area contributed by atoms with Crippen LogP contribution < -0.4 is 24.4 Å². The lowest BCUT2D eigenvalue weighted by molar-refractivity contribution is -0.126. The number of nitrogens with one attached hydrogen (secondary N) is 1. The standard InChI is InChI=1S/C22H22N2O5/c25-21-10-15(13-24(21)16-5-6-19-20(11-16)28-8-7-27-19)22(26)23-12-17-9-14-3-1-2-4-18(14)29-17/h1-6,11,15,17H,7-10,12-13H2,(H,23,26). The average Bonchev–Trinajstić information content (AvgIpc) is 3.35. The van der Waals surface area contributed by atoms with Crippen LogP contribution in [0.25, 0.3) is 0 Å². The van der Waals surface area contributed by atoms with Crippen LogP contribution in [0.15, 0.2) is 42.5 Å². The van der Waals surface area contributed by atoms with Crippen LogP contribution in [-0.2, 0) is 16.0 Å². The molecule has 29 heavy (non-hydrogen) atoms. The minimum atomic E-state index is -0.375. The Hall–Kier alpha value is -3.22. The van der Waals surface area contributed by atoms with Crippen LogP contribution >= 0.6 is 0 Å². The molecule has 1 fully saturated rings. The summed E-state index contributed by atoms with van der Waals surface area (Å²) < 4.78 is 17.0. The lowest BCUT2D eigenvalue weighted by Crippen LogP contribution is -2.39. The number of amides is 2. The lowest BCUT2D eigenvalue weighted by atomic mass is 10.1. The Morgan fingerprint density at radius 1 is 1.03 bits per heavy atom. The summed E-state index contributed by atoms with van der Waals surface area (Å²) in [5.74, 6) is 1.64. The second kappa shape index (κ2) is 7.31. The number of carbonyl (C=O) groups is 2. The molecule has 150 valence electrons. The van der Waals surface area contributed by atoms with Crippen LogP contribution in [0.2, 0.25) is 0 Å². The van der Waals surface area contributed by atoms with Crippen molar-refractivity contribution in [3.05, 3.63) is 48.0 Å². The molecule has 1 saturated heterocycles. The van der Waals surface area contributed by atoms with Crippen LogP contribution in [-0.4, -0.2) is 44.2 Å². The van der Waals surface area contributed by atoms with Crippen LogP contribution in [0.3, 0.4) is 0 Å². The molecular formula is C22H22N2O5. The third kappa shape index (κ3) is 3.48. The van der Waals surface area contributed by atoms with Gasteiger partial charge in [-0.15, -0.1) is 0 Å². The highest BCUT2D eigenvalue weighted by molar-refractivity contribution is 6.00. The smallest absolute Gasteiger partial charge is 0.227 e. The number of carbonyl (C=O) groups excluding carboxylic acids is 2. The molecule has 3 heterocycles. The van der Waals surface area contributed by atoms with E-state index in [9.17, 15) is 9.59 Å². The quantitative estimate of drug-likeness (QED) is 0.858. The van der Waals surface area contributed by atoms with Gasteiger partial charge in [-0.2, -0.15) is 0 Å². The molecule has 2 aromatic rings. The summed E-state index contributed by atoms with van der Waals surface area (Å²) in [6, 6.07) is 13.3. The average molecular weight is 394 g/mol. The molecular weight excluding hydrogens is 372 g/mol. The van der Waals surface area contributed by atoms with Crippen molar-refractivity contribution >= 4 is 17.5 Å². The van der Waals surface area contributed by atoms with Crippen molar-refractivity contribution in [3.8, 4) is 17.2 Å². The topological polar surface area (TPSA) is 77.1 Å². The number of rotatable bonds is 4. The molecule has 2 aromatic carbocycles. The predicted molar refractivity (Wildman–Crippen MR) is 105 cm³/mol. The molecule has 0 aromatic heterocycles. The Morgan fingerprint density at radius 2 is 1.86 bits per heavy atom. The monoisotopic (exact) mass is 394 g/mol. The van der Waals surface area contributed by atoms with Crippen LogP contribution in [0.5, 0.6) is 17.2 Å². The first kappa shape index (κ1) is 17.8. The molecule has 2 amide bonds. The van der Waals surface area contributed by atoms with E-state index in [2.05, 4.69) is 5.32 Å². The normalized spacial score (nSPS) is 22.2. The van der Waals surface area contributed by atoms with E-state index < -0.39 is 0 Å². The number of fused-ring (bicyclic) bond motifs is 2. The molecule has 0 aliphatic carbocycles. The number of ether oxygens (including phenoxy) is 3. The van der Waals surface area contributed by atoms with Gasteiger partial charge < -0.3 is 24.4 Å². The summed E-state index contributed by atoms with van der Waals surface area (Å²) in [5, 5.41) is 2.96. The van der Waals surface area contributed by atoms with Gasteiger partial charge in [0.05, 0.1) is 12.5 Å². The third-order valence-corrected chi connectivity index (χ3v) is 5.55. The maximum absolute atomic E-state index is 12.6. The third-order valence-electron chi connectivity index (χ3n) is 5.55. The molecule has 7 heteroatoms. The number of benzene rings is 2. The molecule has 7 nitrogen and oxygen atoms in total. The van der Waals surface area contributed by atoms with Crippen LogP contribution in [0, 0.1) is 5.92 Å². The first-order valence-electron chi connectivity index (χ1n) is 9.89. The minimum absolute atomic E-state index is 0.0636. The summed E-state index contributed by atoms with van der Waals surface area (Å²) in [7, 11) is 0. The zero-order chi connectivity index (χ0) is 19.8. The van der Waals surface area contributed by atoms with E-state index in [1.54, 1.807) is 17.0 Å². The molecule has 0 spiro atoms. The van der Waals surface area contributed by atoms with E-state index in [0.717, 1.165) is 23.4 Å². The fraction of sp³-hybridized carbons (Fsp3) is 0.364. The number of anilines is 1. The lowest BCUT2D eigenvalue weighted by Gasteiger charge is -2.22. The van der Waals surface area contributed by atoms with Crippen molar-refractivity contribution in [1.29, 1.82) is 0 Å². The van der Waals surface area contributed by atoms with Gasteiger partial charge in [0, 0.05) is 31.1 Å². The second-order valence-electron chi connectivity index (χ2n) is 7.53. The van der Waals surface area contributed by atoms with Crippen molar-refractivity contribution in [1.82, 2.24) is 5.32 Å². The molecule has 2 unspecified atom stereocenters. The number of para-hydroxylation sites is 1. The molecule has 0 saturated carbocycles. The van der Waals surface area contributed by atoms with E-state index in [0.29, 0.717) is 37.8 Å². The fourth-order valence-corrected chi connectivity index (χ4v) is 4.06. The first-order chi connectivity index (χ1) is 14.2. The highest BCUT2D eigenvalue weighted by Crippen LogP contribution is 2.36. The van der Waals surface area contributed by atoms with Gasteiger partial charge >= 0.3 is 0 Å². The first-order valence-corrected chi connectivity index (χ1v) is 9.89. The predicted octanol–water partition coefficient (Wildman–Crippen LogP) is 1.93. The Kier molecular flexibility index (Phi) is 4.50.